The highest BCUT2D eigenvalue weighted by molar-refractivity contribution is 5.96. The summed E-state index contributed by atoms with van der Waals surface area (Å²) in [4.78, 5) is 21.1. The van der Waals surface area contributed by atoms with E-state index in [4.69, 9.17) is 5.11 Å². The second-order valence-corrected chi connectivity index (χ2v) is 7.07. The van der Waals surface area contributed by atoms with E-state index in [1.54, 1.807) is 31.6 Å². The zero-order valence-electron chi connectivity index (χ0n) is 18.3. The summed E-state index contributed by atoms with van der Waals surface area (Å²) in [6, 6.07) is 12.0. The van der Waals surface area contributed by atoms with Gasteiger partial charge in [-0.05, 0) is 54.4 Å². The molecule has 0 aliphatic rings. The highest BCUT2D eigenvalue weighted by atomic mass is 19.1. The minimum atomic E-state index is -1.25. The molecule has 2 heterocycles. The van der Waals surface area contributed by atoms with Crippen molar-refractivity contribution >= 4 is 23.1 Å². The molecule has 2 aromatic carbocycles. The van der Waals surface area contributed by atoms with Crippen LogP contribution in [-0.4, -0.2) is 39.3 Å². The van der Waals surface area contributed by atoms with E-state index in [-0.39, 0.29) is 11.7 Å². The summed E-state index contributed by atoms with van der Waals surface area (Å²) in [7, 11) is 1.63. The van der Waals surface area contributed by atoms with Crippen molar-refractivity contribution in [3.8, 4) is 11.3 Å². The molecule has 0 bridgehead atoms. The number of nitrogens with zero attached hydrogens (tertiary/aromatic N) is 3. The standard InChI is InChI=1S/C23H22FN5O.CH3FO/c1-3-4-16-13-18(9-10-19(16)23(30)25-2)28-21-22-27-14-20(29(22)12-11-26-21)15-5-7-17(24)8-6-15;2-1-3/h5-14H,3-4H2,1-2H3,(H,25,30)(H,26,28);3H,1H2. The second kappa shape index (κ2) is 11.1. The van der Waals surface area contributed by atoms with Crippen molar-refractivity contribution in [3.63, 3.8) is 0 Å². The lowest BCUT2D eigenvalue weighted by Crippen LogP contribution is -2.19. The van der Waals surface area contributed by atoms with E-state index in [2.05, 4.69) is 27.5 Å². The monoisotopic (exact) mass is 453 g/mol. The highest BCUT2D eigenvalue weighted by Crippen LogP contribution is 2.26. The smallest absolute Gasteiger partial charge is 0.251 e. The van der Waals surface area contributed by atoms with Gasteiger partial charge in [0.25, 0.3) is 5.91 Å². The van der Waals surface area contributed by atoms with Crippen LogP contribution in [0.3, 0.4) is 0 Å². The molecule has 0 atom stereocenters. The Morgan fingerprint density at radius 2 is 1.88 bits per heavy atom. The maximum atomic E-state index is 13.3. The lowest BCUT2D eigenvalue weighted by Gasteiger charge is -2.12. The molecule has 7 nitrogen and oxygen atoms in total. The van der Waals surface area contributed by atoms with Gasteiger partial charge >= 0.3 is 0 Å². The van der Waals surface area contributed by atoms with Gasteiger partial charge in [0.15, 0.2) is 18.3 Å². The number of nitrogens with one attached hydrogen (secondary N) is 2. The third-order valence-corrected chi connectivity index (χ3v) is 4.93. The molecule has 0 saturated carbocycles. The first-order chi connectivity index (χ1) is 16.0. The van der Waals surface area contributed by atoms with Gasteiger partial charge in [0.05, 0.1) is 11.9 Å². The number of aryl methyl sites for hydroxylation is 1. The van der Waals surface area contributed by atoms with Gasteiger partial charge < -0.3 is 15.7 Å². The predicted molar refractivity (Wildman–Crippen MR) is 124 cm³/mol. The number of aliphatic hydroxyl groups excluding tert-OH is 1. The Hall–Kier alpha value is -3.85. The zero-order valence-corrected chi connectivity index (χ0v) is 18.3. The molecule has 0 aliphatic heterocycles. The van der Waals surface area contributed by atoms with E-state index in [1.807, 2.05) is 28.8 Å². The first-order valence-corrected chi connectivity index (χ1v) is 10.4. The number of amides is 1. The molecular formula is C24H25F2N5O2. The van der Waals surface area contributed by atoms with Crippen LogP contribution >= 0.6 is 0 Å². The Morgan fingerprint density at radius 1 is 1.15 bits per heavy atom. The maximum absolute atomic E-state index is 13.3. The number of carbonyl (C=O) groups is 1. The van der Waals surface area contributed by atoms with Crippen molar-refractivity contribution < 1.29 is 18.7 Å². The van der Waals surface area contributed by atoms with E-state index in [9.17, 15) is 13.6 Å². The van der Waals surface area contributed by atoms with Crippen molar-refractivity contribution in [2.75, 3.05) is 19.2 Å². The van der Waals surface area contributed by atoms with Gasteiger partial charge in [-0.15, -0.1) is 0 Å². The molecule has 0 saturated heterocycles. The van der Waals surface area contributed by atoms with E-state index in [1.165, 1.54) is 12.1 Å². The van der Waals surface area contributed by atoms with Gasteiger partial charge in [0.1, 0.15) is 5.82 Å². The lowest BCUT2D eigenvalue weighted by molar-refractivity contribution is 0.0962. The van der Waals surface area contributed by atoms with Crippen LogP contribution in [0.15, 0.2) is 61.1 Å². The van der Waals surface area contributed by atoms with E-state index in [0.717, 1.165) is 35.3 Å². The van der Waals surface area contributed by atoms with Gasteiger partial charge in [0.2, 0.25) is 0 Å². The number of benzene rings is 2. The van der Waals surface area contributed by atoms with Crippen molar-refractivity contribution in [2.24, 2.45) is 0 Å². The molecular weight excluding hydrogens is 428 g/mol. The number of fused-ring (bicyclic) bond motifs is 1. The van der Waals surface area contributed by atoms with E-state index in [0.29, 0.717) is 17.0 Å². The van der Waals surface area contributed by atoms with Crippen LogP contribution < -0.4 is 10.6 Å². The Bertz CT molecular complexity index is 1230. The number of hydrogen-bond donors (Lipinski definition) is 3. The van der Waals surface area contributed by atoms with Crippen molar-refractivity contribution in [3.05, 3.63) is 78.0 Å². The Balaban J connectivity index is 0.000000968. The van der Waals surface area contributed by atoms with Crippen LogP contribution in [0.5, 0.6) is 0 Å². The summed E-state index contributed by atoms with van der Waals surface area (Å²) in [6.45, 7) is 0.831. The maximum Gasteiger partial charge on any atom is 0.251 e. The molecule has 172 valence electrons. The SMILES string of the molecule is CCCc1cc(Nc2nccn3c(-c4ccc(F)cc4)cnc23)ccc1C(=O)NC.OCF. The molecule has 4 rings (SSSR count). The quantitative estimate of drug-likeness (QED) is 0.400. The number of anilines is 2. The lowest BCUT2D eigenvalue weighted by atomic mass is 10.0. The zero-order chi connectivity index (χ0) is 23.8. The number of aliphatic hydroxyl groups is 1. The molecule has 0 fully saturated rings. The number of halogens is 2. The summed E-state index contributed by atoms with van der Waals surface area (Å²) in [5.74, 6) is 0.225. The Kier molecular flexibility index (Phi) is 8.04. The number of hydrogen-bond acceptors (Lipinski definition) is 5. The average Bonchev–Trinajstić information content (AvgIpc) is 3.25. The largest absolute Gasteiger partial charge is 0.366 e. The summed E-state index contributed by atoms with van der Waals surface area (Å²) in [6.07, 6.45) is 6.99. The fourth-order valence-corrected chi connectivity index (χ4v) is 3.48. The van der Waals surface area contributed by atoms with Gasteiger partial charge in [0, 0.05) is 36.3 Å². The summed E-state index contributed by atoms with van der Waals surface area (Å²) in [5, 5.41) is 12.9. The molecule has 33 heavy (non-hydrogen) atoms. The predicted octanol–water partition coefficient (Wildman–Crippen LogP) is 4.50. The molecule has 0 spiro atoms. The number of alkyl halides is 1. The van der Waals surface area contributed by atoms with Crippen molar-refractivity contribution in [1.82, 2.24) is 19.7 Å². The molecule has 1 amide bonds. The molecule has 9 heteroatoms. The normalized spacial score (nSPS) is 10.5. The highest BCUT2D eigenvalue weighted by Gasteiger charge is 2.13. The minimum Gasteiger partial charge on any atom is -0.366 e. The Labute approximate surface area is 190 Å². The van der Waals surface area contributed by atoms with Crippen LogP contribution in [0.4, 0.5) is 20.3 Å². The molecule has 3 N–H and O–H groups in total. The number of aromatic nitrogens is 3. The van der Waals surface area contributed by atoms with Crippen LogP contribution in [0.2, 0.25) is 0 Å². The van der Waals surface area contributed by atoms with Crippen molar-refractivity contribution in [1.29, 1.82) is 0 Å². The molecule has 2 aromatic heterocycles. The first-order valence-electron chi connectivity index (χ1n) is 10.4. The summed E-state index contributed by atoms with van der Waals surface area (Å²) >= 11 is 0. The van der Waals surface area contributed by atoms with Gasteiger partial charge in [-0.2, -0.15) is 0 Å². The molecule has 4 aromatic rings. The van der Waals surface area contributed by atoms with Crippen molar-refractivity contribution in [2.45, 2.75) is 19.8 Å². The topological polar surface area (TPSA) is 91.5 Å². The van der Waals surface area contributed by atoms with Crippen LogP contribution in [0.25, 0.3) is 16.9 Å². The van der Waals surface area contributed by atoms with E-state index >= 15 is 0 Å². The van der Waals surface area contributed by atoms with Crippen LogP contribution in [0, 0.1) is 5.82 Å². The third-order valence-electron chi connectivity index (χ3n) is 4.93. The van der Waals surface area contributed by atoms with Crippen LogP contribution in [0.1, 0.15) is 29.3 Å². The fraction of sp³-hybridized carbons (Fsp3) is 0.208. The number of rotatable bonds is 6. The van der Waals surface area contributed by atoms with Gasteiger partial charge in [-0.1, -0.05) is 13.3 Å². The summed E-state index contributed by atoms with van der Waals surface area (Å²) < 4.78 is 25.0. The number of carbonyl (C=O) groups excluding carboxylic acids is 1. The minimum absolute atomic E-state index is 0.0950. The third kappa shape index (κ3) is 5.50. The van der Waals surface area contributed by atoms with Crippen LogP contribution in [-0.2, 0) is 6.42 Å². The number of imidazole rings is 1. The van der Waals surface area contributed by atoms with Gasteiger partial charge in [-0.3, -0.25) is 9.20 Å². The first kappa shape index (κ1) is 23.8. The Morgan fingerprint density at radius 3 is 2.55 bits per heavy atom. The molecule has 0 unspecified atom stereocenters. The fourth-order valence-electron chi connectivity index (χ4n) is 3.48. The summed E-state index contributed by atoms with van der Waals surface area (Å²) in [5.41, 5.74) is 4.85. The van der Waals surface area contributed by atoms with Gasteiger partial charge in [-0.25, -0.2) is 18.7 Å². The average molecular weight is 453 g/mol. The molecule has 0 aliphatic carbocycles. The van der Waals surface area contributed by atoms with E-state index < -0.39 is 6.86 Å². The second-order valence-electron chi connectivity index (χ2n) is 7.07. The molecule has 0 radical (unpaired) electrons.